The van der Waals surface area contributed by atoms with Gasteiger partial charge in [-0.15, -0.1) is 0 Å². The molecule has 0 spiro atoms. The quantitative estimate of drug-likeness (QED) is 0.465. The normalized spacial score (nSPS) is 10.7. The van der Waals surface area contributed by atoms with Gasteiger partial charge in [0.25, 0.3) is 5.91 Å². The van der Waals surface area contributed by atoms with Gasteiger partial charge in [0, 0.05) is 30.6 Å². The zero-order chi connectivity index (χ0) is 23.5. The van der Waals surface area contributed by atoms with Crippen molar-refractivity contribution in [1.82, 2.24) is 14.4 Å². The topological polar surface area (TPSA) is 98.1 Å². The summed E-state index contributed by atoms with van der Waals surface area (Å²) in [5.41, 5.74) is 3.38. The number of rotatable bonds is 5. The highest BCUT2D eigenvalue weighted by molar-refractivity contribution is 6.32. The number of amides is 2. The summed E-state index contributed by atoms with van der Waals surface area (Å²) in [5, 5.41) is 2.94. The van der Waals surface area contributed by atoms with Crippen molar-refractivity contribution in [2.24, 2.45) is 0 Å². The van der Waals surface area contributed by atoms with Crippen LogP contribution < -0.4 is 15.0 Å². The molecule has 3 heterocycles. The Morgan fingerprint density at radius 1 is 1.06 bits per heavy atom. The van der Waals surface area contributed by atoms with E-state index in [0.29, 0.717) is 33.5 Å². The predicted molar refractivity (Wildman–Crippen MR) is 125 cm³/mol. The van der Waals surface area contributed by atoms with E-state index in [9.17, 15) is 9.59 Å². The van der Waals surface area contributed by atoms with Crippen molar-refractivity contribution in [2.75, 3.05) is 31.5 Å². The zero-order valence-electron chi connectivity index (χ0n) is 18.1. The number of pyridine rings is 2. The van der Waals surface area contributed by atoms with Crippen molar-refractivity contribution >= 4 is 40.8 Å². The van der Waals surface area contributed by atoms with Crippen molar-refractivity contribution in [3.8, 4) is 17.0 Å². The van der Waals surface area contributed by atoms with Gasteiger partial charge in [-0.2, -0.15) is 0 Å². The van der Waals surface area contributed by atoms with E-state index in [-0.39, 0.29) is 5.91 Å². The standard InChI is InChI=1S/C23H20ClN5O4/c1-28(22(30)14-4-7-17(24)19(10-14)32-2)16-6-9-21-26-12-18(29(21)13-16)15-5-8-20(25-11-15)27-23(31)33-3/h4-13H,1-3H3,(H,25,27,31). The van der Waals surface area contributed by atoms with Gasteiger partial charge in [0.15, 0.2) is 0 Å². The first-order chi connectivity index (χ1) is 15.9. The van der Waals surface area contributed by atoms with Gasteiger partial charge in [0.1, 0.15) is 17.2 Å². The summed E-state index contributed by atoms with van der Waals surface area (Å²) in [7, 11) is 4.47. The van der Waals surface area contributed by atoms with Crippen LogP contribution in [0.2, 0.25) is 5.02 Å². The number of hydrogen-bond acceptors (Lipinski definition) is 6. The number of anilines is 2. The van der Waals surface area contributed by atoms with Crippen LogP contribution in [-0.4, -0.2) is 47.6 Å². The first-order valence-electron chi connectivity index (χ1n) is 9.81. The number of methoxy groups -OCH3 is 2. The minimum atomic E-state index is -0.597. The molecule has 3 aromatic heterocycles. The van der Waals surface area contributed by atoms with Gasteiger partial charge in [-0.1, -0.05) is 11.6 Å². The lowest BCUT2D eigenvalue weighted by molar-refractivity contribution is 0.0992. The molecule has 0 aliphatic rings. The molecule has 9 nitrogen and oxygen atoms in total. The third-order valence-corrected chi connectivity index (χ3v) is 5.37. The molecular formula is C23H20ClN5O4. The molecular weight excluding hydrogens is 446 g/mol. The molecule has 1 N–H and O–H groups in total. The molecule has 0 bridgehead atoms. The number of nitrogens with zero attached hydrogens (tertiary/aromatic N) is 4. The molecule has 0 saturated heterocycles. The molecule has 0 atom stereocenters. The first kappa shape index (κ1) is 22.1. The van der Waals surface area contributed by atoms with E-state index in [1.165, 1.54) is 19.1 Å². The molecule has 2 amide bonds. The highest BCUT2D eigenvalue weighted by atomic mass is 35.5. The Kier molecular flexibility index (Phi) is 6.14. The summed E-state index contributed by atoms with van der Waals surface area (Å²) in [6.07, 6.45) is 4.57. The third kappa shape index (κ3) is 4.44. The number of imidazole rings is 1. The van der Waals surface area contributed by atoms with Crippen molar-refractivity contribution in [3.05, 3.63) is 71.6 Å². The number of nitrogens with one attached hydrogen (secondary N) is 1. The van der Waals surface area contributed by atoms with Crippen LogP contribution >= 0.6 is 11.6 Å². The average Bonchev–Trinajstić information content (AvgIpc) is 3.27. The number of carbonyl (C=O) groups excluding carboxylic acids is 2. The van der Waals surface area contributed by atoms with Crippen LogP contribution in [0.5, 0.6) is 5.75 Å². The number of ether oxygens (including phenoxy) is 2. The van der Waals surface area contributed by atoms with Gasteiger partial charge >= 0.3 is 6.09 Å². The Labute approximate surface area is 194 Å². The molecule has 0 aliphatic heterocycles. The Bertz CT molecular complexity index is 1340. The summed E-state index contributed by atoms with van der Waals surface area (Å²) in [4.78, 5) is 34.6. The van der Waals surface area contributed by atoms with Crippen molar-refractivity contribution in [3.63, 3.8) is 0 Å². The lowest BCUT2D eigenvalue weighted by atomic mass is 10.2. The van der Waals surface area contributed by atoms with Gasteiger partial charge in [-0.3, -0.25) is 14.5 Å². The summed E-state index contributed by atoms with van der Waals surface area (Å²) >= 11 is 6.08. The highest BCUT2D eigenvalue weighted by Gasteiger charge is 2.17. The second kappa shape index (κ2) is 9.17. The van der Waals surface area contributed by atoms with Crippen LogP contribution in [0, 0.1) is 0 Å². The largest absolute Gasteiger partial charge is 0.495 e. The van der Waals surface area contributed by atoms with E-state index >= 15 is 0 Å². The second-order valence-corrected chi connectivity index (χ2v) is 7.43. The summed E-state index contributed by atoms with van der Waals surface area (Å²) in [6, 6.07) is 12.0. The SMILES string of the molecule is COC(=O)Nc1ccc(-c2cnc3ccc(N(C)C(=O)c4ccc(Cl)c(OC)c4)cn23)cn1. The molecule has 4 rings (SSSR count). The molecule has 0 saturated carbocycles. The lowest BCUT2D eigenvalue weighted by Gasteiger charge is -2.18. The number of hydrogen-bond donors (Lipinski definition) is 1. The van der Waals surface area contributed by atoms with Crippen LogP contribution in [0.25, 0.3) is 16.9 Å². The summed E-state index contributed by atoms with van der Waals surface area (Å²) < 4.78 is 11.7. The van der Waals surface area contributed by atoms with Gasteiger partial charge < -0.3 is 14.4 Å². The molecule has 1 aromatic carbocycles. The van der Waals surface area contributed by atoms with Crippen molar-refractivity contribution in [1.29, 1.82) is 0 Å². The van der Waals surface area contributed by atoms with Gasteiger partial charge in [-0.05, 0) is 42.5 Å². The van der Waals surface area contributed by atoms with Crippen LogP contribution in [0.15, 0.2) is 61.1 Å². The monoisotopic (exact) mass is 465 g/mol. The molecule has 0 unspecified atom stereocenters. The molecule has 4 aromatic rings. The fourth-order valence-corrected chi connectivity index (χ4v) is 3.45. The number of benzene rings is 1. The molecule has 0 fully saturated rings. The minimum Gasteiger partial charge on any atom is -0.495 e. The smallest absolute Gasteiger partial charge is 0.412 e. The van der Waals surface area contributed by atoms with E-state index in [1.807, 2.05) is 28.8 Å². The molecule has 33 heavy (non-hydrogen) atoms. The Hall–Kier alpha value is -4.11. The Morgan fingerprint density at radius 3 is 2.58 bits per heavy atom. The van der Waals surface area contributed by atoms with E-state index in [2.05, 4.69) is 20.0 Å². The predicted octanol–water partition coefficient (Wildman–Crippen LogP) is 4.51. The number of carbonyl (C=O) groups is 2. The van der Waals surface area contributed by atoms with Crippen LogP contribution in [0.4, 0.5) is 16.3 Å². The van der Waals surface area contributed by atoms with E-state index in [1.54, 1.807) is 43.7 Å². The minimum absolute atomic E-state index is 0.217. The number of halogens is 1. The van der Waals surface area contributed by atoms with Gasteiger partial charge in [0.2, 0.25) is 0 Å². The second-order valence-electron chi connectivity index (χ2n) is 7.02. The fraction of sp³-hybridized carbons (Fsp3) is 0.130. The Balaban J connectivity index is 1.64. The van der Waals surface area contributed by atoms with E-state index in [0.717, 1.165) is 11.3 Å². The van der Waals surface area contributed by atoms with Gasteiger partial charge in [0.05, 0.1) is 36.8 Å². The molecule has 0 radical (unpaired) electrons. The highest BCUT2D eigenvalue weighted by Crippen LogP contribution is 2.28. The van der Waals surface area contributed by atoms with Crippen molar-refractivity contribution < 1.29 is 19.1 Å². The summed E-state index contributed by atoms with van der Waals surface area (Å²) in [6.45, 7) is 0. The Morgan fingerprint density at radius 2 is 1.88 bits per heavy atom. The number of fused-ring (bicyclic) bond motifs is 1. The maximum atomic E-state index is 13.1. The first-order valence-corrected chi connectivity index (χ1v) is 10.2. The summed E-state index contributed by atoms with van der Waals surface area (Å²) in [5.74, 6) is 0.579. The van der Waals surface area contributed by atoms with Gasteiger partial charge in [-0.25, -0.2) is 14.8 Å². The average molecular weight is 466 g/mol. The maximum absolute atomic E-state index is 13.1. The molecule has 168 valence electrons. The van der Waals surface area contributed by atoms with Crippen LogP contribution in [0.3, 0.4) is 0 Å². The maximum Gasteiger partial charge on any atom is 0.412 e. The van der Waals surface area contributed by atoms with Crippen molar-refractivity contribution in [2.45, 2.75) is 0 Å². The number of aromatic nitrogens is 3. The van der Waals surface area contributed by atoms with E-state index in [4.69, 9.17) is 16.3 Å². The van der Waals surface area contributed by atoms with E-state index < -0.39 is 6.09 Å². The van der Waals surface area contributed by atoms with Crippen LogP contribution in [0.1, 0.15) is 10.4 Å². The lowest BCUT2D eigenvalue weighted by Crippen LogP contribution is -2.26. The molecule has 0 aliphatic carbocycles. The molecule has 10 heteroatoms. The fourth-order valence-electron chi connectivity index (χ4n) is 3.26. The zero-order valence-corrected chi connectivity index (χ0v) is 18.8. The third-order valence-electron chi connectivity index (χ3n) is 5.05. The van der Waals surface area contributed by atoms with Crippen LogP contribution in [-0.2, 0) is 4.74 Å².